The first-order chi connectivity index (χ1) is 8.08. The van der Waals surface area contributed by atoms with Crippen LogP contribution in [0.3, 0.4) is 0 Å². The molecule has 2 rings (SSSR count). The van der Waals surface area contributed by atoms with E-state index in [-0.39, 0.29) is 17.3 Å². The summed E-state index contributed by atoms with van der Waals surface area (Å²) in [5.41, 5.74) is 1.63. The molecule has 0 aliphatic carbocycles. The fourth-order valence-electron chi connectivity index (χ4n) is 1.66. The molecule has 0 saturated heterocycles. The van der Waals surface area contributed by atoms with Gasteiger partial charge in [0.05, 0.1) is 0 Å². The lowest BCUT2D eigenvalue weighted by atomic mass is 9.99. The number of phenols is 1. The molecule has 0 radical (unpaired) electrons. The molecule has 0 fully saturated rings. The van der Waals surface area contributed by atoms with Gasteiger partial charge in [-0.3, -0.25) is 4.79 Å². The minimum atomic E-state index is -0.371. The van der Waals surface area contributed by atoms with Crippen LogP contribution >= 0.6 is 0 Å². The van der Waals surface area contributed by atoms with Crippen molar-refractivity contribution < 1.29 is 14.3 Å². The van der Waals surface area contributed by atoms with E-state index in [0.717, 1.165) is 0 Å². The molecule has 2 aromatic rings. The highest BCUT2D eigenvalue weighted by molar-refractivity contribution is 6.09. The number of benzene rings is 2. The van der Waals surface area contributed by atoms with E-state index in [1.54, 1.807) is 13.0 Å². The van der Waals surface area contributed by atoms with E-state index < -0.39 is 0 Å². The topological polar surface area (TPSA) is 37.3 Å². The van der Waals surface area contributed by atoms with E-state index >= 15 is 0 Å². The number of hydrogen-bond acceptors (Lipinski definition) is 2. The summed E-state index contributed by atoms with van der Waals surface area (Å²) >= 11 is 0. The van der Waals surface area contributed by atoms with E-state index in [1.165, 1.54) is 36.4 Å². The van der Waals surface area contributed by atoms with E-state index in [2.05, 4.69) is 0 Å². The number of rotatable bonds is 2. The summed E-state index contributed by atoms with van der Waals surface area (Å²) in [6.45, 7) is 1.75. The van der Waals surface area contributed by atoms with Gasteiger partial charge >= 0.3 is 0 Å². The van der Waals surface area contributed by atoms with Crippen LogP contribution in [0.25, 0.3) is 0 Å². The van der Waals surface area contributed by atoms with Crippen molar-refractivity contribution in [1.82, 2.24) is 0 Å². The zero-order valence-corrected chi connectivity index (χ0v) is 9.27. The van der Waals surface area contributed by atoms with Crippen molar-refractivity contribution >= 4 is 5.78 Å². The van der Waals surface area contributed by atoms with Gasteiger partial charge in [0, 0.05) is 11.1 Å². The molecule has 1 N–H and O–H groups in total. The van der Waals surface area contributed by atoms with Crippen LogP contribution in [0.4, 0.5) is 4.39 Å². The third-order valence-corrected chi connectivity index (χ3v) is 2.56. The first-order valence-electron chi connectivity index (χ1n) is 5.18. The number of ketones is 1. The third kappa shape index (κ3) is 2.33. The second kappa shape index (κ2) is 4.37. The molecule has 0 atom stereocenters. The first kappa shape index (κ1) is 11.3. The van der Waals surface area contributed by atoms with Gasteiger partial charge in [-0.05, 0) is 55.0 Å². The lowest BCUT2D eigenvalue weighted by Crippen LogP contribution is -2.03. The summed E-state index contributed by atoms with van der Waals surface area (Å²) in [5.74, 6) is -0.426. The van der Waals surface area contributed by atoms with Crippen LogP contribution in [0.5, 0.6) is 5.75 Å². The summed E-state index contributed by atoms with van der Waals surface area (Å²) in [5, 5.41) is 9.27. The number of hydrogen-bond donors (Lipinski definition) is 1. The average molecular weight is 230 g/mol. The molecule has 0 amide bonds. The summed E-state index contributed by atoms with van der Waals surface area (Å²) in [6, 6.07) is 9.96. The number of aromatic hydroxyl groups is 1. The predicted molar refractivity (Wildman–Crippen MR) is 62.7 cm³/mol. The van der Waals surface area contributed by atoms with Gasteiger partial charge in [0.2, 0.25) is 0 Å². The number of halogens is 1. The Bertz CT molecular complexity index is 559. The van der Waals surface area contributed by atoms with Crippen LogP contribution in [0, 0.1) is 12.7 Å². The monoisotopic (exact) mass is 230 g/mol. The fourth-order valence-corrected chi connectivity index (χ4v) is 1.66. The van der Waals surface area contributed by atoms with Gasteiger partial charge in [-0.15, -0.1) is 0 Å². The smallest absolute Gasteiger partial charge is 0.193 e. The second-order valence-electron chi connectivity index (χ2n) is 3.84. The maximum Gasteiger partial charge on any atom is 0.193 e. The minimum absolute atomic E-state index is 0.123. The van der Waals surface area contributed by atoms with Crippen molar-refractivity contribution in [2.24, 2.45) is 0 Å². The van der Waals surface area contributed by atoms with Gasteiger partial charge in [0.15, 0.2) is 5.78 Å². The average Bonchev–Trinajstić information content (AvgIpc) is 2.29. The minimum Gasteiger partial charge on any atom is -0.508 e. The normalized spacial score (nSPS) is 10.2. The van der Waals surface area contributed by atoms with Crippen LogP contribution in [0.1, 0.15) is 21.5 Å². The summed E-state index contributed by atoms with van der Waals surface area (Å²) in [6.07, 6.45) is 0. The lowest BCUT2D eigenvalue weighted by molar-refractivity contribution is 0.103. The Labute approximate surface area is 98.3 Å². The van der Waals surface area contributed by atoms with Crippen LogP contribution in [0.2, 0.25) is 0 Å². The molecule has 0 heterocycles. The van der Waals surface area contributed by atoms with Gasteiger partial charge in [-0.1, -0.05) is 0 Å². The van der Waals surface area contributed by atoms with Gasteiger partial charge in [0.1, 0.15) is 11.6 Å². The molecule has 3 heteroatoms. The Kier molecular flexibility index (Phi) is 2.91. The van der Waals surface area contributed by atoms with E-state index in [0.29, 0.717) is 16.7 Å². The molecule has 0 saturated carbocycles. The largest absolute Gasteiger partial charge is 0.508 e. The molecule has 0 bridgehead atoms. The van der Waals surface area contributed by atoms with Crippen molar-refractivity contribution in [2.45, 2.75) is 6.92 Å². The maximum atomic E-state index is 12.7. The van der Waals surface area contributed by atoms with Crippen molar-refractivity contribution in [1.29, 1.82) is 0 Å². The van der Waals surface area contributed by atoms with Gasteiger partial charge < -0.3 is 5.11 Å². The quantitative estimate of drug-likeness (QED) is 0.805. The Morgan fingerprint density at radius 2 is 1.76 bits per heavy atom. The predicted octanol–water partition coefficient (Wildman–Crippen LogP) is 3.07. The SMILES string of the molecule is Cc1cc(O)ccc1C(=O)c1ccc(F)cc1. The van der Waals surface area contributed by atoms with Gasteiger partial charge in [0.25, 0.3) is 0 Å². The third-order valence-electron chi connectivity index (χ3n) is 2.56. The van der Waals surface area contributed by atoms with Crippen LogP contribution in [-0.4, -0.2) is 10.9 Å². The molecule has 2 nitrogen and oxygen atoms in total. The molecular formula is C14H11FO2. The molecule has 0 aromatic heterocycles. The Balaban J connectivity index is 2.40. The van der Waals surface area contributed by atoms with Crippen LogP contribution in [-0.2, 0) is 0 Å². The molecular weight excluding hydrogens is 219 g/mol. The molecule has 0 aliphatic rings. The first-order valence-corrected chi connectivity index (χ1v) is 5.18. The molecule has 86 valence electrons. The summed E-state index contributed by atoms with van der Waals surface area (Å²) in [4.78, 5) is 12.1. The van der Waals surface area contributed by atoms with E-state index in [1.807, 2.05) is 0 Å². The number of aryl methyl sites for hydroxylation is 1. The summed E-state index contributed by atoms with van der Waals surface area (Å²) < 4.78 is 12.7. The Morgan fingerprint density at radius 3 is 2.35 bits per heavy atom. The van der Waals surface area contributed by atoms with Crippen LogP contribution in [0.15, 0.2) is 42.5 Å². The number of carbonyl (C=O) groups excluding carboxylic acids is 1. The van der Waals surface area contributed by atoms with Crippen molar-refractivity contribution in [3.05, 3.63) is 65.0 Å². The fraction of sp³-hybridized carbons (Fsp3) is 0.0714. The molecule has 0 aliphatic heterocycles. The molecule has 17 heavy (non-hydrogen) atoms. The highest BCUT2D eigenvalue weighted by Gasteiger charge is 2.11. The maximum absolute atomic E-state index is 12.7. The summed E-state index contributed by atoms with van der Waals surface area (Å²) in [7, 11) is 0. The Morgan fingerprint density at radius 1 is 1.12 bits per heavy atom. The number of carbonyl (C=O) groups is 1. The highest BCUT2D eigenvalue weighted by atomic mass is 19.1. The molecule has 0 spiro atoms. The number of phenolic OH excluding ortho intramolecular Hbond substituents is 1. The lowest BCUT2D eigenvalue weighted by Gasteiger charge is -2.05. The molecule has 0 unspecified atom stereocenters. The standard InChI is InChI=1S/C14H11FO2/c1-9-8-12(16)6-7-13(9)14(17)10-2-4-11(15)5-3-10/h2-8,16H,1H3. The molecule has 2 aromatic carbocycles. The zero-order chi connectivity index (χ0) is 12.4. The van der Waals surface area contributed by atoms with Gasteiger partial charge in [-0.25, -0.2) is 4.39 Å². The van der Waals surface area contributed by atoms with E-state index in [4.69, 9.17) is 0 Å². The van der Waals surface area contributed by atoms with Gasteiger partial charge in [-0.2, -0.15) is 0 Å². The van der Waals surface area contributed by atoms with Crippen molar-refractivity contribution in [3.8, 4) is 5.75 Å². The second-order valence-corrected chi connectivity index (χ2v) is 3.84. The Hall–Kier alpha value is -2.16. The van der Waals surface area contributed by atoms with Crippen molar-refractivity contribution in [2.75, 3.05) is 0 Å². The van der Waals surface area contributed by atoms with Crippen LogP contribution < -0.4 is 0 Å². The van der Waals surface area contributed by atoms with Crippen molar-refractivity contribution in [3.63, 3.8) is 0 Å². The van der Waals surface area contributed by atoms with E-state index in [9.17, 15) is 14.3 Å². The highest BCUT2D eigenvalue weighted by Crippen LogP contribution is 2.19. The zero-order valence-electron chi connectivity index (χ0n) is 9.27.